The minimum atomic E-state index is -0.275. The highest BCUT2D eigenvalue weighted by Gasteiger charge is 2.25. The Morgan fingerprint density at radius 3 is 3.09 bits per heavy atom. The summed E-state index contributed by atoms with van der Waals surface area (Å²) in [6, 6.07) is 5.90. The second-order valence-corrected chi connectivity index (χ2v) is 5.76. The van der Waals surface area contributed by atoms with E-state index in [-0.39, 0.29) is 5.97 Å². The number of furan rings is 1. The van der Waals surface area contributed by atoms with E-state index in [2.05, 4.69) is 0 Å². The Kier molecular flexibility index (Phi) is 4.27. The van der Waals surface area contributed by atoms with E-state index < -0.39 is 0 Å². The van der Waals surface area contributed by atoms with Gasteiger partial charge in [0.1, 0.15) is 5.76 Å². The van der Waals surface area contributed by atoms with Crippen molar-refractivity contribution in [3.05, 3.63) is 52.7 Å². The van der Waals surface area contributed by atoms with Gasteiger partial charge in [0.15, 0.2) is 0 Å². The number of carbonyl (C=O) groups is 1. The molecule has 4 heteroatoms. The third-order valence-corrected chi connectivity index (χ3v) is 4.23. The molecule has 3 rings (SSSR count). The van der Waals surface area contributed by atoms with E-state index in [0.29, 0.717) is 18.1 Å². The summed E-state index contributed by atoms with van der Waals surface area (Å²) in [7, 11) is 0. The van der Waals surface area contributed by atoms with Crippen LogP contribution < -0.4 is 0 Å². The van der Waals surface area contributed by atoms with Gasteiger partial charge in [0.2, 0.25) is 0 Å². The molecule has 2 heterocycles. The topological polar surface area (TPSA) is 52.3 Å². The van der Waals surface area contributed by atoms with Crippen LogP contribution in [0.15, 0.2) is 28.9 Å². The number of carbonyl (C=O) groups excluding carboxylic acids is 1. The average Bonchev–Trinajstić information content (AvgIpc) is 3.00. The van der Waals surface area contributed by atoms with Crippen LogP contribution in [-0.2, 0) is 17.6 Å². The van der Waals surface area contributed by atoms with Crippen LogP contribution in [0.2, 0.25) is 0 Å². The lowest BCUT2D eigenvalue weighted by molar-refractivity contribution is 0.0524. The van der Waals surface area contributed by atoms with Gasteiger partial charge in [0.05, 0.1) is 24.1 Å². The molecule has 2 aromatic rings. The molecule has 0 bridgehead atoms. The molecule has 0 saturated carbocycles. The molecule has 0 amide bonds. The summed E-state index contributed by atoms with van der Waals surface area (Å²) >= 11 is 0. The summed E-state index contributed by atoms with van der Waals surface area (Å²) in [5.41, 5.74) is 3.65. The van der Waals surface area contributed by atoms with E-state index in [1.807, 2.05) is 32.0 Å². The van der Waals surface area contributed by atoms with Crippen molar-refractivity contribution in [2.24, 2.45) is 0 Å². The summed E-state index contributed by atoms with van der Waals surface area (Å²) in [6.45, 7) is 4.08. The first-order valence-electron chi connectivity index (χ1n) is 7.89. The molecule has 0 N–H and O–H groups in total. The first-order chi connectivity index (χ1) is 10.7. The van der Waals surface area contributed by atoms with Crippen molar-refractivity contribution >= 4 is 5.97 Å². The highest BCUT2D eigenvalue weighted by Crippen LogP contribution is 2.34. The van der Waals surface area contributed by atoms with Crippen molar-refractivity contribution in [2.75, 3.05) is 6.61 Å². The fraction of sp³-hybridized carbons (Fsp3) is 0.444. The number of aromatic nitrogens is 1. The van der Waals surface area contributed by atoms with Crippen LogP contribution in [0.1, 0.15) is 58.8 Å². The molecular weight excluding hydrogens is 278 g/mol. The van der Waals surface area contributed by atoms with Crippen LogP contribution in [0.25, 0.3) is 0 Å². The molecule has 0 spiro atoms. The number of hydrogen-bond donors (Lipinski definition) is 0. The zero-order valence-corrected chi connectivity index (χ0v) is 13.1. The van der Waals surface area contributed by atoms with E-state index in [9.17, 15) is 4.79 Å². The first-order valence-corrected chi connectivity index (χ1v) is 7.89. The van der Waals surface area contributed by atoms with Crippen LogP contribution >= 0.6 is 0 Å². The second-order valence-electron chi connectivity index (χ2n) is 5.76. The van der Waals surface area contributed by atoms with Crippen molar-refractivity contribution in [2.45, 2.75) is 45.4 Å². The predicted molar refractivity (Wildman–Crippen MR) is 83.0 cm³/mol. The lowest BCUT2D eigenvalue weighted by Crippen LogP contribution is -2.18. The van der Waals surface area contributed by atoms with Crippen LogP contribution in [0.4, 0.5) is 0 Å². The Morgan fingerprint density at radius 2 is 2.36 bits per heavy atom. The highest BCUT2D eigenvalue weighted by molar-refractivity contribution is 5.90. The smallest absolute Gasteiger partial charge is 0.339 e. The van der Waals surface area contributed by atoms with Gasteiger partial charge in [-0.3, -0.25) is 4.98 Å². The van der Waals surface area contributed by atoms with Crippen molar-refractivity contribution in [3.8, 4) is 0 Å². The van der Waals surface area contributed by atoms with Crippen molar-refractivity contribution in [3.63, 3.8) is 0 Å². The molecule has 4 nitrogen and oxygen atoms in total. The monoisotopic (exact) mass is 299 g/mol. The van der Waals surface area contributed by atoms with Crippen LogP contribution in [-0.4, -0.2) is 17.6 Å². The third kappa shape index (κ3) is 2.91. The van der Waals surface area contributed by atoms with Crippen molar-refractivity contribution in [1.82, 2.24) is 4.98 Å². The molecule has 0 saturated heterocycles. The summed E-state index contributed by atoms with van der Waals surface area (Å²) in [6.07, 6.45) is 5.78. The Morgan fingerprint density at radius 1 is 1.50 bits per heavy atom. The van der Waals surface area contributed by atoms with E-state index >= 15 is 0 Å². The molecule has 2 aromatic heterocycles. The number of rotatable bonds is 4. The van der Waals surface area contributed by atoms with E-state index in [1.165, 1.54) is 5.56 Å². The molecule has 0 aromatic carbocycles. The normalized spacial score (nSPS) is 17.1. The third-order valence-electron chi connectivity index (χ3n) is 4.23. The lowest BCUT2D eigenvalue weighted by atomic mass is 9.83. The van der Waals surface area contributed by atoms with Gasteiger partial charge in [-0.2, -0.15) is 0 Å². The van der Waals surface area contributed by atoms with E-state index in [0.717, 1.165) is 42.8 Å². The maximum absolute atomic E-state index is 12.0. The average molecular weight is 299 g/mol. The number of aryl methyl sites for hydroxylation is 2. The zero-order chi connectivity index (χ0) is 15.5. The largest absolute Gasteiger partial charge is 0.469 e. The summed E-state index contributed by atoms with van der Waals surface area (Å²) < 4.78 is 10.6. The van der Waals surface area contributed by atoms with Gasteiger partial charge in [-0.15, -0.1) is 0 Å². The summed E-state index contributed by atoms with van der Waals surface area (Å²) in [5, 5.41) is 0. The number of hydrogen-bond acceptors (Lipinski definition) is 4. The summed E-state index contributed by atoms with van der Waals surface area (Å²) in [5.74, 6) is 1.08. The number of fused-ring (bicyclic) bond motifs is 1. The Bertz CT molecular complexity index is 661. The standard InChI is InChI=1S/C18H21NO3/c1-3-21-18(20)16-11-14-7-4-6-13(17(14)19-12(16)2)10-15-8-5-9-22-15/h5,8-9,11,13H,3-4,6-7,10H2,1-2H3. The number of nitrogens with zero attached hydrogens (tertiary/aromatic N) is 1. The molecule has 1 aliphatic carbocycles. The molecule has 1 atom stereocenters. The predicted octanol–water partition coefficient (Wildman–Crippen LogP) is 3.82. The molecule has 1 unspecified atom stereocenters. The summed E-state index contributed by atoms with van der Waals surface area (Å²) in [4.78, 5) is 16.7. The molecule has 0 radical (unpaired) electrons. The highest BCUT2D eigenvalue weighted by atomic mass is 16.5. The Balaban J connectivity index is 1.91. The van der Waals surface area contributed by atoms with Crippen molar-refractivity contribution in [1.29, 1.82) is 0 Å². The van der Waals surface area contributed by atoms with Crippen molar-refractivity contribution < 1.29 is 13.9 Å². The maximum Gasteiger partial charge on any atom is 0.339 e. The second kappa shape index (κ2) is 6.34. The molecule has 0 aliphatic heterocycles. The fourth-order valence-corrected chi connectivity index (χ4v) is 3.18. The van der Waals surface area contributed by atoms with Gasteiger partial charge < -0.3 is 9.15 Å². The van der Waals surface area contributed by atoms with Gasteiger partial charge in [0.25, 0.3) is 0 Å². The Labute approximate surface area is 130 Å². The van der Waals surface area contributed by atoms with Gasteiger partial charge in [-0.05, 0) is 56.9 Å². The van der Waals surface area contributed by atoms with E-state index in [4.69, 9.17) is 14.1 Å². The minimum absolute atomic E-state index is 0.275. The Hall–Kier alpha value is -2.10. The van der Waals surface area contributed by atoms with Crippen LogP contribution in [0.3, 0.4) is 0 Å². The van der Waals surface area contributed by atoms with Crippen LogP contribution in [0.5, 0.6) is 0 Å². The van der Waals surface area contributed by atoms with Gasteiger partial charge >= 0.3 is 5.97 Å². The van der Waals surface area contributed by atoms with Gasteiger partial charge in [0, 0.05) is 18.0 Å². The quantitative estimate of drug-likeness (QED) is 0.805. The lowest BCUT2D eigenvalue weighted by Gasteiger charge is -2.25. The van der Waals surface area contributed by atoms with E-state index in [1.54, 1.807) is 6.26 Å². The molecule has 116 valence electrons. The maximum atomic E-state index is 12.0. The number of ether oxygens (including phenoxy) is 1. The number of esters is 1. The SMILES string of the molecule is CCOC(=O)c1cc2c(nc1C)C(Cc1ccco1)CCC2. The van der Waals surface area contributed by atoms with Gasteiger partial charge in [-0.25, -0.2) is 4.79 Å². The first kappa shape index (κ1) is 14.8. The molecule has 1 aliphatic rings. The minimum Gasteiger partial charge on any atom is -0.469 e. The molecular formula is C18H21NO3. The fourth-order valence-electron chi connectivity index (χ4n) is 3.18. The zero-order valence-electron chi connectivity index (χ0n) is 13.1. The molecule has 22 heavy (non-hydrogen) atoms. The van der Waals surface area contributed by atoms with Gasteiger partial charge in [-0.1, -0.05) is 0 Å². The molecule has 0 fully saturated rings. The van der Waals surface area contributed by atoms with Crippen LogP contribution in [0, 0.1) is 6.92 Å². The number of pyridine rings is 1.